The lowest BCUT2D eigenvalue weighted by Crippen LogP contribution is -2.36. The van der Waals surface area contributed by atoms with Crippen molar-refractivity contribution in [1.82, 2.24) is 24.9 Å². The topological polar surface area (TPSA) is 81.4 Å². The van der Waals surface area contributed by atoms with Crippen LogP contribution in [0.3, 0.4) is 0 Å². The number of aromatic nitrogens is 4. The van der Waals surface area contributed by atoms with Crippen molar-refractivity contribution in [2.45, 2.75) is 37.7 Å². The molecule has 0 aliphatic rings. The minimum absolute atomic E-state index is 0.0550. The minimum atomic E-state index is -0.105. The van der Waals surface area contributed by atoms with E-state index in [0.717, 1.165) is 17.0 Å². The van der Waals surface area contributed by atoms with Crippen LogP contribution in [-0.2, 0) is 10.5 Å². The molecular weight excluding hydrogens is 362 g/mol. The maximum Gasteiger partial charge on any atom is 0.253 e. The van der Waals surface area contributed by atoms with Crippen LogP contribution in [0.4, 0.5) is 0 Å². The van der Waals surface area contributed by atoms with Gasteiger partial charge < -0.3 is 10.1 Å². The number of rotatable bonds is 7. The first-order valence-corrected chi connectivity index (χ1v) is 9.68. The first kappa shape index (κ1) is 19.3. The van der Waals surface area contributed by atoms with Gasteiger partial charge >= 0.3 is 0 Å². The number of benzene rings is 1. The third-order valence-electron chi connectivity index (χ3n) is 4.01. The molecule has 3 rings (SSSR count). The van der Waals surface area contributed by atoms with Crippen molar-refractivity contribution in [3.63, 3.8) is 0 Å². The molecular formula is C19H23N5O2S. The summed E-state index contributed by atoms with van der Waals surface area (Å²) in [6, 6.07) is 9.49. The third kappa shape index (κ3) is 4.64. The summed E-state index contributed by atoms with van der Waals surface area (Å²) in [5.74, 6) is 1.08. The molecule has 2 aromatic heterocycles. The summed E-state index contributed by atoms with van der Waals surface area (Å²) >= 11 is 1.49. The number of carbonyl (C=O) groups excluding carboxylic acids is 1. The first-order valence-electron chi connectivity index (χ1n) is 8.69. The summed E-state index contributed by atoms with van der Waals surface area (Å²) in [5, 5.41) is 8.10. The molecule has 1 aromatic carbocycles. The van der Waals surface area contributed by atoms with Crippen molar-refractivity contribution < 1.29 is 9.53 Å². The highest BCUT2D eigenvalue weighted by atomic mass is 32.2. The molecule has 0 fully saturated rings. The average Bonchev–Trinajstić information content (AvgIpc) is 3.03. The molecule has 142 valence electrons. The van der Waals surface area contributed by atoms with Gasteiger partial charge in [0.2, 0.25) is 5.16 Å². The van der Waals surface area contributed by atoms with Crippen LogP contribution in [0.1, 0.15) is 34.2 Å². The molecule has 8 heteroatoms. The summed E-state index contributed by atoms with van der Waals surface area (Å²) < 4.78 is 6.82. The Balaban J connectivity index is 1.75. The van der Waals surface area contributed by atoms with Crippen LogP contribution in [0.25, 0.3) is 5.78 Å². The van der Waals surface area contributed by atoms with Crippen LogP contribution >= 0.6 is 11.8 Å². The number of fused-ring (bicyclic) bond motifs is 1. The lowest BCUT2D eigenvalue weighted by molar-refractivity contribution is 0.0905. The molecule has 3 aromatic rings. The van der Waals surface area contributed by atoms with E-state index in [4.69, 9.17) is 4.74 Å². The number of aryl methyl sites for hydroxylation is 2. The van der Waals surface area contributed by atoms with E-state index in [2.05, 4.69) is 20.4 Å². The van der Waals surface area contributed by atoms with Crippen LogP contribution in [0.15, 0.2) is 35.5 Å². The molecule has 1 amide bonds. The highest BCUT2D eigenvalue weighted by molar-refractivity contribution is 7.98. The Labute approximate surface area is 162 Å². The molecule has 1 N–H and O–H groups in total. The maximum absolute atomic E-state index is 12.6. The van der Waals surface area contributed by atoms with Crippen molar-refractivity contribution >= 4 is 23.4 Å². The number of hydrogen-bond donors (Lipinski definition) is 1. The van der Waals surface area contributed by atoms with E-state index in [0.29, 0.717) is 28.9 Å². The summed E-state index contributed by atoms with van der Waals surface area (Å²) in [6.45, 7) is 6.30. The third-order valence-corrected chi connectivity index (χ3v) is 4.90. The van der Waals surface area contributed by atoms with Crippen LogP contribution in [-0.4, -0.2) is 45.2 Å². The molecule has 2 heterocycles. The fraction of sp³-hybridized carbons (Fsp3) is 0.368. The zero-order valence-electron chi connectivity index (χ0n) is 15.9. The van der Waals surface area contributed by atoms with Gasteiger partial charge in [-0.3, -0.25) is 4.79 Å². The minimum Gasteiger partial charge on any atom is -0.383 e. The lowest BCUT2D eigenvalue weighted by atomic mass is 10.1. The van der Waals surface area contributed by atoms with Crippen molar-refractivity contribution in [1.29, 1.82) is 0 Å². The van der Waals surface area contributed by atoms with Crippen molar-refractivity contribution in [3.8, 4) is 0 Å². The Morgan fingerprint density at radius 1 is 1.30 bits per heavy atom. The summed E-state index contributed by atoms with van der Waals surface area (Å²) in [7, 11) is 1.62. The molecule has 1 unspecified atom stereocenters. The molecule has 0 saturated carbocycles. The van der Waals surface area contributed by atoms with Gasteiger partial charge in [0.1, 0.15) is 0 Å². The molecule has 1 atom stereocenters. The van der Waals surface area contributed by atoms with E-state index < -0.39 is 0 Å². The first-order chi connectivity index (χ1) is 13.0. The second-order valence-corrected chi connectivity index (χ2v) is 7.36. The summed E-state index contributed by atoms with van der Waals surface area (Å²) in [5.41, 5.74) is 3.49. The molecule has 0 spiro atoms. The van der Waals surface area contributed by atoms with Gasteiger partial charge in [-0.25, -0.2) is 9.50 Å². The number of ether oxygens (including phenoxy) is 1. The number of amides is 1. The monoisotopic (exact) mass is 385 g/mol. The normalized spacial score (nSPS) is 12.3. The smallest absolute Gasteiger partial charge is 0.253 e. The maximum atomic E-state index is 12.6. The lowest BCUT2D eigenvalue weighted by Gasteiger charge is -2.14. The van der Waals surface area contributed by atoms with Gasteiger partial charge in [0.05, 0.1) is 6.61 Å². The molecule has 0 aliphatic heterocycles. The second kappa shape index (κ2) is 8.49. The predicted molar refractivity (Wildman–Crippen MR) is 105 cm³/mol. The standard InChI is InChI=1S/C19H23N5O2S/c1-12-9-14(3)24-18(21-12)22-19(23-24)27-11-15-7-5-6-8-16(15)17(25)20-13(2)10-26-4/h5-9,13H,10-11H2,1-4H3,(H,20,25). The van der Waals surface area contributed by atoms with Gasteiger partial charge in [0, 0.05) is 35.9 Å². The van der Waals surface area contributed by atoms with E-state index in [-0.39, 0.29) is 11.9 Å². The Morgan fingerprint density at radius 2 is 2.07 bits per heavy atom. The molecule has 27 heavy (non-hydrogen) atoms. The molecule has 0 radical (unpaired) electrons. The van der Waals surface area contributed by atoms with Crippen LogP contribution in [0.2, 0.25) is 0 Å². The zero-order valence-corrected chi connectivity index (χ0v) is 16.7. The van der Waals surface area contributed by atoms with Crippen molar-refractivity contribution in [2.24, 2.45) is 0 Å². The van der Waals surface area contributed by atoms with Crippen molar-refractivity contribution in [2.75, 3.05) is 13.7 Å². The largest absolute Gasteiger partial charge is 0.383 e. The number of thioether (sulfide) groups is 1. The highest BCUT2D eigenvalue weighted by Crippen LogP contribution is 2.22. The quantitative estimate of drug-likeness (QED) is 0.630. The van der Waals surface area contributed by atoms with E-state index >= 15 is 0 Å². The fourth-order valence-corrected chi connectivity index (χ4v) is 3.63. The molecule has 0 saturated heterocycles. The van der Waals surface area contributed by atoms with Crippen LogP contribution in [0.5, 0.6) is 0 Å². The number of nitrogens with one attached hydrogen (secondary N) is 1. The highest BCUT2D eigenvalue weighted by Gasteiger charge is 2.15. The Morgan fingerprint density at radius 3 is 2.85 bits per heavy atom. The van der Waals surface area contributed by atoms with E-state index in [1.165, 1.54) is 11.8 Å². The van der Waals surface area contributed by atoms with Gasteiger partial charge in [0.25, 0.3) is 11.7 Å². The predicted octanol–water partition coefficient (Wildman–Crippen LogP) is 2.80. The Bertz CT molecular complexity index is 956. The molecule has 0 aliphatic carbocycles. The van der Waals surface area contributed by atoms with Gasteiger partial charge in [-0.2, -0.15) is 4.98 Å². The number of nitrogens with zero attached hydrogens (tertiary/aromatic N) is 4. The van der Waals surface area contributed by atoms with Crippen LogP contribution < -0.4 is 5.32 Å². The van der Waals surface area contributed by atoms with E-state index in [9.17, 15) is 4.79 Å². The van der Waals surface area contributed by atoms with Crippen LogP contribution in [0, 0.1) is 13.8 Å². The molecule has 7 nitrogen and oxygen atoms in total. The van der Waals surface area contributed by atoms with Gasteiger partial charge in [-0.15, -0.1) is 5.10 Å². The number of methoxy groups -OCH3 is 1. The number of carbonyl (C=O) groups is 1. The average molecular weight is 385 g/mol. The van der Waals surface area contributed by atoms with Gasteiger partial charge in [-0.05, 0) is 38.5 Å². The zero-order chi connectivity index (χ0) is 19.4. The van der Waals surface area contributed by atoms with Gasteiger partial charge in [-0.1, -0.05) is 30.0 Å². The summed E-state index contributed by atoms with van der Waals surface area (Å²) in [4.78, 5) is 21.5. The van der Waals surface area contributed by atoms with E-state index in [1.807, 2.05) is 51.1 Å². The second-order valence-electron chi connectivity index (χ2n) is 6.42. The van der Waals surface area contributed by atoms with Crippen molar-refractivity contribution in [3.05, 3.63) is 52.8 Å². The van der Waals surface area contributed by atoms with Gasteiger partial charge in [0.15, 0.2) is 0 Å². The Hall–Kier alpha value is -2.45. The molecule has 0 bridgehead atoms. The SMILES string of the molecule is COCC(C)NC(=O)c1ccccc1CSc1nc2nc(C)cc(C)n2n1. The Kier molecular flexibility index (Phi) is 6.08. The number of hydrogen-bond acceptors (Lipinski definition) is 6. The fourth-order valence-electron chi connectivity index (χ4n) is 2.81. The summed E-state index contributed by atoms with van der Waals surface area (Å²) in [6.07, 6.45) is 0. The van der Waals surface area contributed by atoms with E-state index in [1.54, 1.807) is 11.6 Å².